The minimum atomic E-state index is -0.539. The molecule has 0 aromatic carbocycles. The number of terminal acetylenes is 1. The van der Waals surface area contributed by atoms with Gasteiger partial charge in [0, 0.05) is 0 Å². The number of hydrogen-bond acceptors (Lipinski definition) is 2. The van der Waals surface area contributed by atoms with Crippen LogP contribution in [0.5, 0.6) is 0 Å². The molecule has 0 aliphatic rings. The minimum absolute atomic E-state index is 0.389. The Morgan fingerprint density at radius 3 is 2.67 bits per heavy atom. The summed E-state index contributed by atoms with van der Waals surface area (Å²) in [6.07, 6.45) is 9.66. The third-order valence-electron chi connectivity index (χ3n) is 2.11. The van der Waals surface area contributed by atoms with Crippen molar-refractivity contribution in [1.82, 2.24) is 0 Å². The van der Waals surface area contributed by atoms with Crippen LogP contribution in [-0.2, 0) is 4.74 Å². The van der Waals surface area contributed by atoms with Gasteiger partial charge < -0.3 is 4.74 Å². The summed E-state index contributed by atoms with van der Waals surface area (Å²) < 4.78 is 5.51. The van der Waals surface area contributed by atoms with Crippen molar-refractivity contribution < 1.29 is 4.74 Å². The van der Waals surface area contributed by atoms with E-state index in [0.29, 0.717) is 13.0 Å². The van der Waals surface area contributed by atoms with E-state index in [9.17, 15) is 0 Å². The number of allylic oxidation sites excluding steroid dienone is 2. The Balaban J connectivity index is 4.04. The summed E-state index contributed by atoms with van der Waals surface area (Å²) in [4.78, 5) is 0. The van der Waals surface area contributed by atoms with Gasteiger partial charge in [-0.1, -0.05) is 17.6 Å². The Morgan fingerprint density at radius 2 is 2.20 bits per heavy atom. The highest BCUT2D eigenvalue weighted by Gasteiger charge is 2.20. The highest BCUT2D eigenvalue weighted by atomic mass is 16.5. The van der Waals surface area contributed by atoms with Crippen molar-refractivity contribution >= 4 is 0 Å². The third kappa shape index (κ3) is 6.77. The summed E-state index contributed by atoms with van der Waals surface area (Å²) in [7, 11) is 0. The first-order chi connectivity index (χ1) is 7.04. The molecule has 0 N–H and O–H groups in total. The van der Waals surface area contributed by atoms with Crippen molar-refractivity contribution in [2.24, 2.45) is 0 Å². The lowest BCUT2D eigenvalue weighted by Gasteiger charge is -2.23. The fourth-order valence-electron chi connectivity index (χ4n) is 1.14. The molecule has 1 atom stereocenters. The lowest BCUT2D eigenvalue weighted by Crippen LogP contribution is -2.26. The van der Waals surface area contributed by atoms with Gasteiger partial charge in [0.25, 0.3) is 0 Å². The fraction of sp³-hybridized carbons (Fsp3) is 0.615. The van der Waals surface area contributed by atoms with Gasteiger partial charge in [-0.2, -0.15) is 5.26 Å². The molecule has 2 heteroatoms. The highest BCUT2D eigenvalue weighted by molar-refractivity contribution is 5.07. The zero-order chi connectivity index (χ0) is 11.7. The van der Waals surface area contributed by atoms with Crippen molar-refractivity contribution in [2.75, 3.05) is 6.61 Å². The largest absolute Gasteiger partial charge is 0.362 e. The average molecular weight is 205 g/mol. The molecule has 0 aliphatic carbocycles. The first-order valence-corrected chi connectivity index (χ1v) is 5.16. The second-order valence-corrected chi connectivity index (χ2v) is 3.95. The van der Waals surface area contributed by atoms with E-state index in [4.69, 9.17) is 16.4 Å². The van der Waals surface area contributed by atoms with Crippen LogP contribution < -0.4 is 0 Å². The zero-order valence-corrected chi connectivity index (χ0v) is 9.84. The molecule has 2 nitrogen and oxygen atoms in total. The van der Waals surface area contributed by atoms with Crippen molar-refractivity contribution in [2.45, 2.75) is 45.6 Å². The maximum Gasteiger partial charge on any atom is 0.125 e. The van der Waals surface area contributed by atoms with Gasteiger partial charge in [0.2, 0.25) is 0 Å². The average Bonchev–Trinajstić information content (AvgIpc) is 2.18. The number of rotatable bonds is 6. The van der Waals surface area contributed by atoms with Gasteiger partial charge in [-0.15, -0.1) is 6.42 Å². The molecule has 0 aromatic rings. The second-order valence-electron chi connectivity index (χ2n) is 3.95. The van der Waals surface area contributed by atoms with Crippen LogP contribution in [0, 0.1) is 23.7 Å². The quantitative estimate of drug-likeness (QED) is 0.379. The normalized spacial score (nSPS) is 13.4. The minimum Gasteiger partial charge on any atom is -0.362 e. The number of ether oxygens (including phenoxy) is 1. The summed E-state index contributed by atoms with van der Waals surface area (Å²) in [6, 6.07) is 2.03. The van der Waals surface area contributed by atoms with Gasteiger partial charge in [0.05, 0.1) is 19.1 Å². The first kappa shape index (κ1) is 13.8. The van der Waals surface area contributed by atoms with Crippen LogP contribution in [0.25, 0.3) is 0 Å². The Labute approximate surface area is 92.9 Å². The van der Waals surface area contributed by atoms with E-state index >= 15 is 0 Å². The molecule has 0 saturated carbocycles. The Hall–Kier alpha value is -1.25. The molecule has 0 amide bonds. The van der Waals surface area contributed by atoms with Crippen molar-refractivity contribution in [3.05, 3.63) is 11.6 Å². The third-order valence-corrected chi connectivity index (χ3v) is 2.11. The molecule has 0 bridgehead atoms. The number of nitrogens with zero attached hydrogens (tertiary/aromatic N) is 1. The maximum atomic E-state index is 8.39. The lowest BCUT2D eigenvalue weighted by atomic mass is 10.00. The Morgan fingerprint density at radius 1 is 1.53 bits per heavy atom. The summed E-state index contributed by atoms with van der Waals surface area (Å²) in [6.45, 7) is 6.42. The molecule has 0 saturated heterocycles. The zero-order valence-electron chi connectivity index (χ0n) is 9.84. The molecule has 1 unspecified atom stereocenters. The maximum absolute atomic E-state index is 8.39. The molecule has 0 aromatic heterocycles. The summed E-state index contributed by atoms with van der Waals surface area (Å²) >= 11 is 0. The van der Waals surface area contributed by atoms with E-state index in [0.717, 1.165) is 12.8 Å². The van der Waals surface area contributed by atoms with E-state index < -0.39 is 5.60 Å². The van der Waals surface area contributed by atoms with Crippen LogP contribution in [0.4, 0.5) is 0 Å². The molecule has 0 heterocycles. The summed E-state index contributed by atoms with van der Waals surface area (Å²) in [5.74, 6) is 2.65. The van der Waals surface area contributed by atoms with E-state index in [-0.39, 0.29) is 0 Å². The van der Waals surface area contributed by atoms with Crippen molar-refractivity contribution in [3.8, 4) is 18.4 Å². The summed E-state index contributed by atoms with van der Waals surface area (Å²) in [5.41, 5.74) is 0.745. The van der Waals surface area contributed by atoms with Crippen molar-refractivity contribution in [1.29, 1.82) is 5.26 Å². The Bertz CT molecular complexity index is 289. The SMILES string of the molecule is C#CC(C)(CCC=C(C)C)OCCC#N. The van der Waals surface area contributed by atoms with Crippen molar-refractivity contribution in [3.63, 3.8) is 0 Å². The van der Waals surface area contributed by atoms with Gasteiger partial charge in [-0.3, -0.25) is 0 Å². The van der Waals surface area contributed by atoms with Gasteiger partial charge in [-0.25, -0.2) is 0 Å². The highest BCUT2D eigenvalue weighted by Crippen LogP contribution is 2.17. The molecular weight excluding hydrogens is 186 g/mol. The van der Waals surface area contributed by atoms with Crippen LogP contribution >= 0.6 is 0 Å². The first-order valence-electron chi connectivity index (χ1n) is 5.16. The van der Waals surface area contributed by atoms with E-state index in [1.165, 1.54) is 5.57 Å². The summed E-state index contributed by atoms with van der Waals surface area (Å²) in [5, 5.41) is 8.39. The van der Waals surface area contributed by atoms with Gasteiger partial charge in [-0.05, 0) is 33.6 Å². The lowest BCUT2D eigenvalue weighted by molar-refractivity contribution is 0.0111. The predicted octanol–water partition coefficient (Wildman–Crippen LogP) is 3.05. The van der Waals surface area contributed by atoms with Crippen LogP contribution in [0.1, 0.15) is 40.0 Å². The monoisotopic (exact) mass is 205 g/mol. The second kappa shape index (κ2) is 7.10. The van der Waals surface area contributed by atoms with Gasteiger partial charge in [0.1, 0.15) is 5.60 Å². The molecule has 0 radical (unpaired) electrons. The van der Waals surface area contributed by atoms with Crippen LogP contribution in [-0.4, -0.2) is 12.2 Å². The molecule has 15 heavy (non-hydrogen) atoms. The van der Waals surface area contributed by atoms with Crippen LogP contribution in [0.15, 0.2) is 11.6 Å². The fourth-order valence-corrected chi connectivity index (χ4v) is 1.14. The predicted molar refractivity (Wildman–Crippen MR) is 62.1 cm³/mol. The van der Waals surface area contributed by atoms with E-state index in [1.54, 1.807) is 0 Å². The smallest absolute Gasteiger partial charge is 0.125 e. The molecule has 0 spiro atoms. The molecular formula is C13H19NO. The topological polar surface area (TPSA) is 33.0 Å². The van der Waals surface area contributed by atoms with Crippen LogP contribution in [0.3, 0.4) is 0 Å². The van der Waals surface area contributed by atoms with Gasteiger partial charge >= 0.3 is 0 Å². The molecule has 0 aliphatic heterocycles. The molecule has 82 valence electrons. The molecule has 0 fully saturated rings. The number of hydrogen-bond donors (Lipinski definition) is 0. The van der Waals surface area contributed by atoms with E-state index in [2.05, 4.69) is 25.8 Å². The standard InChI is InChI=1S/C13H19NO/c1-5-13(4,15-11-7-10-14)9-6-8-12(2)3/h1,8H,6-7,9,11H2,2-4H3. The van der Waals surface area contributed by atoms with E-state index in [1.807, 2.05) is 13.0 Å². The number of nitriles is 1. The Kier molecular flexibility index (Phi) is 6.50. The van der Waals surface area contributed by atoms with Crippen LogP contribution in [0.2, 0.25) is 0 Å². The van der Waals surface area contributed by atoms with Gasteiger partial charge in [0.15, 0.2) is 0 Å². The molecule has 0 rings (SSSR count).